The van der Waals surface area contributed by atoms with E-state index in [0.29, 0.717) is 11.5 Å². The molecular weight excluding hydrogens is 436 g/mol. The number of nitrogens with zero attached hydrogens (tertiary/aromatic N) is 1. The molecule has 0 spiro atoms. The Labute approximate surface area is 192 Å². The standard InChI is InChI=1S/C15H17NO5.C7H6F2O.C2H6/c1-5-10-11(6-2)14(18)16(13(10)17)21-15(19)12-7-8(3)9(4)20-12;1-10-6-4-2-3-5(8)7(6)9;1-2/h5-6,8-9,12H,1-2,7H2,3-4H3;2-4H,1H3;1-2H3/t8-,9?,12?;;/m0../s1. The molecule has 33 heavy (non-hydrogen) atoms. The van der Waals surface area contributed by atoms with Gasteiger partial charge in [0.05, 0.1) is 24.4 Å². The van der Waals surface area contributed by atoms with Gasteiger partial charge in [0.1, 0.15) is 0 Å². The van der Waals surface area contributed by atoms with E-state index in [4.69, 9.17) is 9.57 Å². The third kappa shape index (κ3) is 6.35. The molecule has 2 amide bonds. The molecule has 2 heterocycles. The maximum absolute atomic E-state index is 12.5. The van der Waals surface area contributed by atoms with E-state index in [-0.39, 0.29) is 28.9 Å². The van der Waals surface area contributed by atoms with Crippen molar-refractivity contribution in [3.05, 3.63) is 66.3 Å². The number of hydrogen-bond acceptors (Lipinski definition) is 6. The van der Waals surface area contributed by atoms with E-state index in [2.05, 4.69) is 17.9 Å². The zero-order chi connectivity index (χ0) is 25.3. The van der Waals surface area contributed by atoms with Gasteiger partial charge < -0.3 is 14.3 Å². The van der Waals surface area contributed by atoms with E-state index in [1.54, 1.807) is 0 Å². The lowest BCUT2D eigenvalue weighted by Gasteiger charge is -2.16. The Balaban J connectivity index is 0.000000380. The molecule has 3 rings (SSSR count). The predicted octanol–water partition coefficient (Wildman–Crippen LogP) is 4.30. The van der Waals surface area contributed by atoms with Crippen molar-refractivity contribution in [2.24, 2.45) is 5.92 Å². The number of halogens is 2. The second-order valence-electron chi connectivity index (χ2n) is 6.85. The van der Waals surface area contributed by atoms with Crippen molar-refractivity contribution in [1.82, 2.24) is 5.06 Å². The maximum atomic E-state index is 12.5. The van der Waals surface area contributed by atoms with Crippen molar-refractivity contribution in [3.8, 4) is 5.75 Å². The molecule has 3 atom stereocenters. The highest BCUT2D eigenvalue weighted by molar-refractivity contribution is 6.21. The van der Waals surface area contributed by atoms with Crippen molar-refractivity contribution in [2.75, 3.05) is 7.11 Å². The maximum Gasteiger partial charge on any atom is 0.361 e. The molecule has 9 heteroatoms. The lowest BCUT2D eigenvalue weighted by Crippen LogP contribution is -2.38. The summed E-state index contributed by atoms with van der Waals surface area (Å²) >= 11 is 0. The minimum Gasteiger partial charge on any atom is -0.494 e. The minimum absolute atomic E-state index is 0.0666. The van der Waals surface area contributed by atoms with Crippen molar-refractivity contribution < 1.29 is 37.5 Å². The molecule has 1 aromatic rings. The molecule has 0 N–H and O–H groups in total. The predicted molar refractivity (Wildman–Crippen MR) is 118 cm³/mol. The lowest BCUT2D eigenvalue weighted by atomic mass is 10.0. The summed E-state index contributed by atoms with van der Waals surface area (Å²) < 4.78 is 34.8. The summed E-state index contributed by atoms with van der Waals surface area (Å²) in [5, 5.41) is 0.438. The number of benzene rings is 1. The van der Waals surface area contributed by atoms with Gasteiger partial charge in [0.25, 0.3) is 11.8 Å². The van der Waals surface area contributed by atoms with Gasteiger partial charge >= 0.3 is 5.97 Å². The third-order valence-corrected chi connectivity index (χ3v) is 4.87. The number of ether oxygens (including phenoxy) is 2. The number of imide groups is 1. The number of carbonyl (C=O) groups is 3. The van der Waals surface area contributed by atoms with Crippen LogP contribution in [0.2, 0.25) is 0 Å². The Morgan fingerprint density at radius 2 is 1.67 bits per heavy atom. The smallest absolute Gasteiger partial charge is 0.361 e. The highest BCUT2D eigenvalue weighted by Gasteiger charge is 2.42. The van der Waals surface area contributed by atoms with Crippen LogP contribution in [0.3, 0.4) is 0 Å². The summed E-state index contributed by atoms with van der Waals surface area (Å²) in [6.07, 6.45) is 2.13. The van der Waals surface area contributed by atoms with Crippen LogP contribution in [0.5, 0.6) is 5.75 Å². The van der Waals surface area contributed by atoms with Crippen LogP contribution in [-0.2, 0) is 24.0 Å². The zero-order valence-electron chi connectivity index (χ0n) is 19.4. The number of hydroxylamine groups is 2. The molecule has 2 unspecified atom stereocenters. The summed E-state index contributed by atoms with van der Waals surface area (Å²) in [5.74, 6) is -3.89. The van der Waals surface area contributed by atoms with Crippen LogP contribution < -0.4 is 4.74 Å². The Hall–Kier alpha value is -3.33. The Kier molecular flexibility index (Phi) is 10.6. The molecule has 0 aliphatic carbocycles. The van der Waals surface area contributed by atoms with Crippen LogP contribution in [0, 0.1) is 17.6 Å². The molecule has 180 valence electrons. The van der Waals surface area contributed by atoms with Gasteiger partial charge in [-0.15, -0.1) is 0 Å². The molecule has 2 aliphatic rings. The van der Waals surface area contributed by atoms with Crippen LogP contribution in [0.15, 0.2) is 54.7 Å². The van der Waals surface area contributed by atoms with Gasteiger partial charge in [-0.25, -0.2) is 9.18 Å². The number of rotatable bonds is 5. The van der Waals surface area contributed by atoms with Gasteiger partial charge in [0, 0.05) is 0 Å². The first-order chi connectivity index (χ1) is 15.7. The quantitative estimate of drug-likeness (QED) is 0.604. The molecule has 7 nitrogen and oxygen atoms in total. The fourth-order valence-corrected chi connectivity index (χ4v) is 2.94. The van der Waals surface area contributed by atoms with Crippen LogP contribution >= 0.6 is 0 Å². The largest absolute Gasteiger partial charge is 0.494 e. The second-order valence-corrected chi connectivity index (χ2v) is 6.85. The third-order valence-electron chi connectivity index (χ3n) is 4.87. The first kappa shape index (κ1) is 27.7. The number of methoxy groups -OCH3 is 1. The number of hydrogen-bond donors (Lipinski definition) is 0. The highest BCUT2D eigenvalue weighted by atomic mass is 19.2. The first-order valence-corrected chi connectivity index (χ1v) is 10.4. The number of amides is 2. The van der Waals surface area contributed by atoms with Crippen LogP contribution in [0.1, 0.15) is 34.1 Å². The summed E-state index contributed by atoms with van der Waals surface area (Å²) in [4.78, 5) is 40.9. The molecule has 1 fully saturated rings. The van der Waals surface area contributed by atoms with Gasteiger partial charge in [-0.1, -0.05) is 57.2 Å². The first-order valence-electron chi connectivity index (χ1n) is 10.4. The topological polar surface area (TPSA) is 82.1 Å². The van der Waals surface area contributed by atoms with Crippen molar-refractivity contribution in [1.29, 1.82) is 0 Å². The molecule has 2 aliphatic heterocycles. The fraction of sp³-hybridized carbons (Fsp3) is 0.375. The van der Waals surface area contributed by atoms with Crippen LogP contribution in [0.4, 0.5) is 8.78 Å². The summed E-state index contributed by atoms with van der Waals surface area (Å²) in [6.45, 7) is 14.7. The van der Waals surface area contributed by atoms with E-state index in [1.807, 2.05) is 27.7 Å². The van der Waals surface area contributed by atoms with E-state index in [9.17, 15) is 23.2 Å². The van der Waals surface area contributed by atoms with E-state index in [0.717, 1.165) is 6.07 Å². The van der Waals surface area contributed by atoms with Gasteiger partial charge in [-0.2, -0.15) is 4.39 Å². The van der Waals surface area contributed by atoms with Gasteiger partial charge in [-0.3, -0.25) is 9.59 Å². The van der Waals surface area contributed by atoms with Gasteiger partial charge in [0.2, 0.25) is 5.82 Å². The monoisotopic (exact) mass is 465 g/mol. The van der Waals surface area contributed by atoms with Crippen molar-refractivity contribution >= 4 is 17.8 Å². The molecular formula is C24H29F2NO6. The molecule has 0 radical (unpaired) electrons. The van der Waals surface area contributed by atoms with Gasteiger partial charge in [0.15, 0.2) is 17.7 Å². The normalized spacial score (nSPS) is 21.5. The lowest BCUT2D eigenvalue weighted by molar-refractivity contribution is -0.203. The SMILES string of the molecule is C=CC1=C(C=C)C(=O)N(OC(=O)C2C[C@H](C)C(C)O2)C1=O.CC.COc1cccc(F)c1F. The van der Waals surface area contributed by atoms with Crippen LogP contribution in [0.25, 0.3) is 0 Å². The second kappa shape index (κ2) is 12.6. The van der Waals surface area contributed by atoms with Gasteiger partial charge in [-0.05, 0) is 31.4 Å². The molecule has 1 aromatic carbocycles. The van der Waals surface area contributed by atoms with Crippen molar-refractivity contribution in [3.63, 3.8) is 0 Å². The fourth-order valence-electron chi connectivity index (χ4n) is 2.94. The Morgan fingerprint density at radius 3 is 2.06 bits per heavy atom. The molecule has 0 saturated carbocycles. The van der Waals surface area contributed by atoms with E-state index in [1.165, 1.54) is 31.4 Å². The molecule has 1 saturated heterocycles. The summed E-state index contributed by atoms with van der Waals surface area (Å²) in [7, 11) is 1.29. The average molecular weight is 465 g/mol. The summed E-state index contributed by atoms with van der Waals surface area (Å²) in [5.41, 5.74) is 0.133. The van der Waals surface area contributed by atoms with E-state index >= 15 is 0 Å². The minimum atomic E-state index is -0.940. The molecule has 0 bridgehead atoms. The van der Waals surface area contributed by atoms with Crippen molar-refractivity contribution in [2.45, 2.75) is 46.3 Å². The Morgan fingerprint density at radius 1 is 1.12 bits per heavy atom. The Bertz CT molecular complexity index is 903. The summed E-state index contributed by atoms with van der Waals surface area (Å²) in [6, 6.07) is 3.79. The highest BCUT2D eigenvalue weighted by Crippen LogP contribution is 2.28. The molecule has 0 aromatic heterocycles. The van der Waals surface area contributed by atoms with E-state index < -0.39 is 35.5 Å². The average Bonchev–Trinajstić information content (AvgIpc) is 3.27. The van der Waals surface area contributed by atoms with Crippen LogP contribution in [-0.4, -0.2) is 42.2 Å². The zero-order valence-corrected chi connectivity index (χ0v) is 19.4. The number of carbonyl (C=O) groups excluding carboxylic acids is 3.